The SMILES string of the molecule is CC1(c2ccc(Nc3cccc4oc5ccccc5c34)cc2)CC2CC3CC(C1)C32. The maximum Gasteiger partial charge on any atom is 0.137 e. The van der Waals surface area contributed by atoms with Crippen molar-refractivity contribution in [2.45, 2.75) is 38.0 Å². The second kappa shape index (κ2) is 5.91. The zero-order valence-corrected chi connectivity index (χ0v) is 17.4. The van der Waals surface area contributed by atoms with Gasteiger partial charge in [0.25, 0.3) is 0 Å². The molecule has 30 heavy (non-hydrogen) atoms. The van der Waals surface area contributed by atoms with Crippen LogP contribution in [0, 0.1) is 23.7 Å². The van der Waals surface area contributed by atoms with Gasteiger partial charge in [0.15, 0.2) is 0 Å². The van der Waals surface area contributed by atoms with Crippen molar-refractivity contribution in [3.05, 3.63) is 72.3 Å². The zero-order chi connectivity index (χ0) is 19.9. The number of nitrogens with one attached hydrogen (secondary N) is 1. The monoisotopic (exact) mass is 393 g/mol. The third-order valence-electron chi connectivity index (χ3n) is 8.53. The molecule has 2 heteroatoms. The smallest absolute Gasteiger partial charge is 0.137 e. The molecule has 3 aliphatic rings. The van der Waals surface area contributed by atoms with Crippen molar-refractivity contribution in [1.82, 2.24) is 0 Å². The van der Waals surface area contributed by atoms with Crippen molar-refractivity contribution in [3.8, 4) is 0 Å². The fraction of sp³-hybridized carbons (Fsp3) is 0.357. The summed E-state index contributed by atoms with van der Waals surface area (Å²) in [5, 5.41) is 5.97. The lowest BCUT2D eigenvalue weighted by Gasteiger charge is -2.65. The highest BCUT2D eigenvalue weighted by atomic mass is 16.3. The molecule has 1 N–H and O–H groups in total. The maximum atomic E-state index is 6.04. The van der Waals surface area contributed by atoms with Crippen molar-refractivity contribution in [2.75, 3.05) is 5.32 Å². The number of rotatable bonds is 3. The van der Waals surface area contributed by atoms with E-state index in [2.05, 4.69) is 60.8 Å². The normalized spacial score (nSPS) is 31.8. The lowest BCUT2D eigenvalue weighted by Crippen LogP contribution is -2.58. The maximum absolute atomic E-state index is 6.04. The number of fused-ring (bicyclic) bond motifs is 3. The van der Waals surface area contributed by atoms with E-state index in [9.17, 15) is 0 Å². The Morgan fingerprint density at radius 3 is 2.30 bits per heavy atom. The van der Waals surface area contributed by atoms with E-state index in [-0.39, 0.29) is 0 Å². The molecule has 3 aliphatic carbocycles. The molecule has 0 radical (unpaired) electrons. The molecule has 4 aromatic rings. The highest BCUT2D eigenvalue weighted by Crippen LogP contribution is 2.67. The summed E-state index contributed by atoms with van der Waals surface area (Å²) < 4.78 is 6.04. The van der Waals surface area contributed by atoms with Gasteiger partial charge in [0.2, 0.25) is 0 Å². The molecular formula is C28H27NO. The lowest BCUT2D eigenvalue weighted by molar-refractivity contribution is -0.141. The van der Waals surface area contributed by atoms with Gasteiger partial charge in [-0.05, 0) is 90.7 Å². The van der Waals surface area contributed by atoms with Gasteiger partial charge in [-0.1, -0.05) is 43.3 Å². The molecule has 2 unspecified atom stereocenters. The van der Waals surface area contributed by atoms with E-state index in [1.807, 2.05) is 18.2 Å². The average Bonchev–Trinajstić information content (AvgIpc) is 3.11. The molecule has 1 heterocycles. The van der Waals surface area contributed by atoms with Crippen LogP contribution >= 0.6 is 0 Å². The Hall–Kier alpha value is -2.74. The molecule has 0 saturated heterocycles. The van der Waals surface area contributed by atoms with Crippen LogP contribution in [0.2, 0.25) is 0 Å². The first-order chi connectivity index (χ1) is 14.7. The summed E-state index contributed by atoms with van der Waals surface area (Å²) in [4.78, 5) is 0. The van der Waals surface area contributed by atoms with E-state index in [1.54, 1.807) is 0 Å². The van der Waals surface area contributed by atoms with Gasteiger partial charge in [0, 0.05) is 11.1 Å². The minimum absolute atomic E-state index is 0.358. The zero-order valence-electron chi connectivity index (χ0n) is 17.4. The van der Waals surface area contributed by atoms with Gasteiger partial charge in [-0.25, -0.2) is 0 Å². The summed E-state index contributed by atoms with van der Waals surface area (Å²) >= 11 is 0. The quantitative estimate of drug-likeness (QED) is 0.386. The van der Waals surface area contributed by atoms with Crippen molar-refractivity contribution in [2.24, 2.45) is 23.7 Å². The summed E-state index contributed by atoms with van der Waals surface area (Å²) in [7, 11) is 0. The van der Waals surface area contributed by atoms with Crippen molar-refractivity contribution >= 4 is 33.3 Å². The molecule has 150 valence electrons. The number of hydrogen-bond donors (Lipinski definition) is 1. The molecular weight excluding hydrogens is 366 g/mol. The van der Waals surface area contributed by atoms with Crippen LogP contribution in [0.25, 0.3) is 21.9 Å². The molecule has 0 spiro atoms. The Labute approximate surface area is 177 Å². The third-order valence-corrected chi connectivity index (χ3v) is 8.53. The van der Waals surface area contributed by atoms with Crippen LogP contribution in [-0.4, -0.2) is 0 Å². The molecule has 0 aliphatic heterocycles. The molecule has 0 bridgehead atoms. The Kier molecular flexibility index (Phi) is 3.35. The predicted octanol–water partition coefficient (Wildman–Crippen LogP) is 7.65. The molecule has 7 rings (SSSR count). The van der Waals surface area contributed by atoms with Crippen LogP contribution in [0.5, 0.6) is 0 Å². The van der Waals surface area contributed by atoms with Gasteiger partial charge in [-0.3, -0.25) is 0 Å². The average molecular weight is 394 g/mol. The fourth-order valence-corrected chi connectivity index (χ4v) is 7.17. The molecule has 1 aromatic heterocycles. The van der Waals surface area contributed by atoms with Gasteiger partial charge < -0.3 is 9.73 Å². The standard InChI is InChI=1S/C28H27NO/c1-28(15-18-13-17-14-19(16-28)26(17)18)20-9-11-21(12-10-20)29-23-6-4-8-25-27(23)22-5-2-3-7-24(22)30-25/h2-12,17-19,26,29H,13-16H2,1H3. The number of para-hydroxylation sites is 1. The van der Waals surface area contributed by atoms with Crippen molar-refractivity contribution in [1.29, 1.82) is 0 Å². The third kappa shape index (κ3) is 2.31. The summed E-state index contributed by atoms with van der Waals surface area (Å²) in [6.07, 6.45) is 5.77. The summed E-state index contributed by atoms with van der Waals surface area (Å²) in [5.41, 5.74) is 5.99. The topological polar surface area (TPSA) is 25.2 Å². The van der Waals surface area contributed by atoms with Gasteiger partial charge in [-0.2, -0.15) is 0 Å². The molecule has 0 amide bonds. The van der Waals surface area contributed by atoms with Gasteiger partial charge in [-0.15, -0.1) is 0 Å². The molecule has 3 fully saturated rings. The molecule has 3 saturated carbocycles. The van der Waals surface area contributed by atoms with Crippen molar-refractivity contribution < 1.29 is 4.42 Å². The Morgan fingerprint density at radius 1 is 0.800 bits per heavy atom. The van der Waals surface area contributed by atoms with Crippen LogP contribution < -0.4 is 5.32 Å². The minimum atomic E-state index is 0.358. The van der Waals surface area contributed by atoms with E-state index < -0.39 is 0 Å². The van der Waals surface area contributed by atoms with Crippen LogP contribution in [-0.2, 0) is 5.41 Å². The summed E-state index contributed by atoms with van der Waals surface area (Å²) in [6, 6.07) is 23.8. The fourth-order valence-electron chi connectivity index (χ4n) is 7.17. The first-order valence-electron chi connectivity index (χ1n) is 11.5. The Bertz CT molecular complexity index is 1250. The van der Waals surface area contributed by atoms with E-state index >= 15 is 0 Å². The van der Waals surface area contributed by atoms with E-state index in [1.165, 1.54) is 31.2 Å². The van der Waals surface area contributed by atoms with E-state index in [4.69, 9.17) is 4.42 Å². The van der Waals surface area contributed by atoms with E-state index in [0.29, 0.717) is 5.41 Å². The number of anilines is 2. The van der Waals surface area contributed by atoms with Gasteiger partial charge in [0.05, 0.1) is 11.1 Å². The highest BCUT2D eigenvalue weighted by molar-refractivity contribution is 6.11. The summed E-state index contributed by atoms with van der Waals surface area (Å²) in [6.45, 7) is 2.51. The Morgan fingerprint density at radius 2 is 1.53 bits per heavy atom. The van der Waals surface area contributed by atoms with Crippen molar-refractivity contribution in [3.63, 3.8) is 0 Å². The Balaban J connectivity index is 1.20. The predicted molar refractivity (Wildman–Crippen MR) is 123 cm³/mol. The van der Waals surface area contributed by atoms with Gasteiger partial charge in [0.1, 0.15) is 11.2 Å². The second-order valence-electron chi connectivity index (χ2n) is 10.3. The minimum Gasteiger partial charge on any atom is -0.456 e. The molecule has 2 atom stereocenters. The highest BCUT2D eigenvalue weighted by Gasteiger charge is 2.59. The lowest BCUT2D eigenvalue weighted by atomic mass is 9.39. The van der Waals surface area contributed by atoms with Crippen LogP contribution in [0.15, 0.2) is 71.1 Å². The first-order valence-corrected chi connectivity index (χ1v) is 11.5. The molecule has 2 nitrogen and oxygen atoms in total. The molecule has 3 aromatic carbocycles. The van der Waals surface area contributed by atoms with Crippen LogP contribution in [0.4, 0.5) is 11.4 Å². The first kappa shape index (κ1) is 17.0. The van der Waals surface area contributed by atoms with E-state index in [0.717, 1.165) is 57.0 Å². The van der Waals surface area contributed by atoms with Gasteiger partial charge >= 0.3 is 0 Å². The number of hydrogen-bond acceptors (Lipinski definition) is 2. The van der Waals surface area contributed by atoms with Crippen LogP contribution in [0.3, 0.4) is 0 Å². The van der Waals surface area contributed by atoms with Crippen LogP contribution in [0.1, 0.15) is 38.2 Å². The number of benzene rings is 3. The second-order valence-corrected chi connectivity index (χ2v) is 10.3. The summed E-state index contributed by atoms with van der Waals surface area (Å²) in [5.74, 6) is 4.18. The largest absolute Gasteiger partial charge is 0.456 e. The number of furan rings is 1.